The number of guanidine groups is 1. The predicted octanol–water partition coefficient (Wildman–Crippen LogP) is 3.79. The first-order valence-corrected chi connectivity index (χ1v) is 10.2. The number of furan rings is 1. The van der Waals surface area contributed by atoms with Crippen LogP contribution in [0.2, 0.25) is 0 Å². The van der Waals surface area contributed by atoms with Crippen molar-refractivity contribution in [2.24, 2.45) is 4.99 Å². The maximum absolute atomic E-state index is 5.42. The third-order valence-electron chi connectivity index (χ3n) is 5.37. The number of likely N-dealkylation sites (tertiary alicyclic amines) is 1. The molecule has 0 unspecified atom stereocenters. The molecular formula is C20H35IN4O. The maximum Gasteiger partial charge on any atom is 0.191 e. The lowest BCUT2D eigenvalue weighted by Crippen LogP contribution is -2.50. The van der Waals surface area contributed by atoms with Crippen LogP contribution < -0.4 is 10.6 Å². The number of nitrogens with zero attached hydrogens (tertiary/aromatic N) is 2. The van der Waals surface area contributed by atoms with Crippen molar-refractivity contribution in [2.45, 2.75) is 70.4 Å². The Morgan fingerprint density at radius 3 is 2.46 bits per heavy atom. The van der Waals surface area contributed by atoms with Gasteiger partial charge in [-0.1, -0.05) is 19.8 Å². The monoisotopic (exact) mass is 474 g/mol. The first-order chi connectivity index (χ1) is 12.3. The minimum Gasteiger partial charge on any atom is -0.469 e. The summed E-state index contributed by atoms with van der Waals surface area (Å²) in [5.41, 5.74) is 0. The molecular weight excluding hydrogens is 439 g/mol. The van der Waals surface area contributed by atoms with Crippen molar-refractivity contribution in [3.05, 3.63) is 24.2 Å². The summed E-state index contributed by atoms with van der Waals surface area (Å²) in [4.78, 5) is 7.41. The lowest BCUT2D eigenvalue weighted by atomic mass is 10.1. The van der Waals surface area contributed by atoms with E-state index in [1.807, 2.05) is 12.1 Å². The van der Waals surface area contributed by atoms with E-state index < -0.39 is 0 Å². The molecule has 1 aromatic rings. The molecule has 3 rings (SSSR count). The highest BCUT2D eigenvalue weighted by molar-refractivity contribution is 14.0. The molecule has 0 radical (unpaired) electrons. The summed E-state index contributed by atoms with van der Waals surface area (Å²) in [6.45, 7) is 6.67. The van der Waals surface area contributed by atoms with E-state index in [9.17, 15) is 0 Å². The number of hydrogen-bond acceptors (Lipinski definition) is 3. The van der Waals surface area contributed by atoms with Crippen LogP contribution in [0.4, 0.5) is 0 Å². The van der Waals surface area contributed by atoms with E-state index in [0.29, 0.717) is 12.1 Å². The third kappa shape index (κ3) is 7.10. The Morgan fingerprint density at radius 2 is 1.85 bits per heavy atom. The Labute approximate surface area is 175 Å². The van der Waals surface area contributed by atoms with Crippen LogP contribution in [0.25, 0.3) is 0 Å². The molecule has 1 saturated carbocycles. The second-order valence-corrected chi connectivity index (χ2v) is 7.45. The Balaban J connectivity index is 0.00000243. The van der Waals surface area contributed by atoms with Crippen molar-refractivity contribution in [3.8, 4) is 0 Å². The quantitative estimate of drug-likeness (QED) is 0.359. The molecule has 0 amide bonds. The van der Waals surface area contributed by atoms with Gasteiger partial charge >= 0.3 is 0 Å². The first kappa shape index (κ1) is 21.5. The van der Waals surface area contributed by atoms with Crippen molar-refractivity contribution in [1.29, 1.82) is 0 Å². The van der Waals surface area contributed by atoms with Crippen LogP contribution in [0.5, 0.6) is 0 Å². The van der Waals surface area contributed by atoms with Gasteiger partial charge in [0, 0.05) is 38.1 Å². The summed E-state index contributed by atoms with van der Waals surface area (Å²) >= 11 is 0. The molecule has 1 aromatic heterocycles. The fraction of sp³-hybridized carbons (Fsp3) is 0.750. The van der Waals surface area contributed by atoms with Crippen LogP contribution in [0.1, 0.15) is 57.6 Å². The van der Waals surface area contributed by atoms with Crippen molar-refractivity contribution in [1.82, 2.24) is 15.5 Å². The highest BCUT2D eigenvalue weighted by Crippen LogP contribution is 2.18. The number of nitrogens with one attached hydrogen (secondary N) is 2. The molecule has 2 fully saturated rings. The molecule has 148 valence electrons. The Hall–Kier alpha value is -0.760. The van der Waals surface area contributed by atoms with Gasteiger partial charge in [0.25, 0.3) is 0 Å². The van der Waals surface area contributed by atoms with E-state index in [0.717, 1.165) is 24.7 Å². The standard InChI is InChI=1S/C20H34N4O.HI/c1-2-13-24-14-10-18(11-15-24)23-20(22-17-6-3-4-7-17)21-12-9-19-8-5-16-25-19;/h5,8,16-18H,2-4,6-7,9-15H2,1H3,(H2,21,22,23);1H. The van der Waals surface area contributed by atoms with Gasteiger partial charge in [-0.2, -0.15) is 0 Å². The van der Waals surface area contributed by atoms with Crippen LogP contribution in [-0.4, -0.2) is 49.1 Å². The van der Waals surface area contributed by atoms with Crippen molar-refractivity contribution < 1.29 is 4.42 Å². The summed E-state index contributed by atoms with van der Waals surface area (Å²) in [6.07, 6.45) is 11.5. The fourth-order valence-corrected chi connectivity index (χ4v) is 3.94. The van der Waals surface area contributed by atoms with Crippen molar-refractivity contribution in [3.63, 3.8) is 0 Å². The van der Waals surface area contributed by atoms with Crippen LogP contribution in [-0.2, 0) is 6.42 Å². The third-order valence-corrected chi connectivity index (χ3v) is 5.37. The number of halogens is 1. The highest BCUT2D eigenvalue weighted by Gasteiger charge is 2.21. The van der Waals surface area contributed by atoms with Gasteiger partial charge in [0.15, 0.2) is 5.96 Å². The fourth-order valence-electron chi connectivity index (χ4n) is 3.94. The molecule has 1 aliphatic carbocycles. The minimum absolute atomic E-state index is 0. The normalized spacial score (nSPS) is 20.1. The molecule has 0 spiro atoms. The van der Waals surface area contributed by atoms with E-state index >= 15 is 0 Å². The molecule has 5 nitrogen and oxygen atoms in total. The second-order valence-electron chi connectivity index (χ2n) is 7.45. The van der Waals surface area contributed by atoms with Gasteiger partial charge in [-0.15, -0.1) is 24.0 Å². The van der Waals surface area contributed by atoms with Gasteiger partial charge < -0.3 is 20.0 Å². The average molecular weight is 474 g/mol. The lowest BCUT2D eigenvalue weighted by molar-refractivity contribution is 0.206. The number of aliphatic imine (C=N–C) groups is 1. The molecule has 2 aliphatic rings. The molecule has 6 heteroatoms. The molecule has 2 heterocycles. The van der Waals surface area contributed by atoms with Gasteiger partial charge in [0.1, 0.15) is 5.76 Å². The van der Waals surface area contributed by atoms with Crippen LogP contribution in [0, 0.1) is 0 Å². The predicted molar refractivity (Wildman–Crippen MR) is 118 cm³/mol. The van der Waals surface area contributed by atoms with Crippen LogP contribution >= 0.6 is 24.0 Å². The van der Waals surface area contributed by atoms with E-state index in [2.05, 4.69) is 22.5 Å². The summed E-state index contributed by atoms with van der Waals surface area (Å²) in [5, 5.41) is 7.38. The minimum atomic E-state index is 0. The molecule has 1 aliphatic heterocycles. The largest absolute Gasteiger partial charge is 0.469 e. The summed E-state index contributed by atoms with van der Waals surface area (Å²) in [7, 11) is 0. The smallest absolute Gasteiger partial charge is 0.191 e. The Bertz CT molecular complexity index is 506. The van der Waals surface area contributed by atoms with Crippen molar-refractivity contribution in [2.75, 3.05) is 26.2 Å². The summed E-state index contributed by atoms with van der Waals surface area (Å²) in [6, 6.07) is 5.11. The van der Waals surface area contributed by atoms with E-state index in [4.69, 9.17) is 9.41 Å². The molecule has 0 aromatic carbocycles. The van der Waals surface area contributed by atoms with Gasteiger partial charge in [-0.05, 0) is 50.8 Å². The number of rotatable bonds is 7. The van der Waals surface area contributed by atoms with Gasteiger partial charge in [-0.25, -0.2) is 0 Å². The molecule has 26 heavy (non-hydrogen) atoms. The van der Waals surface area contributed by atoms with Gasteiger partial charge in [0.05, 0.1) is 6.26 Å². The second kappa shape index (κ2) is 11.8. The topological polar surface area (TPSA) is 52.8 Å². The maximum atomic E-state index is 5.42. The van der Waals surface area contributed by atoms with Crippen molar-refractivity contribution >= 4 is 29.9 Å². The Morgan fingerprint density at radius 1 is 1.15 bits per heavy atom. The Kier molecular flexibility index (Phi) is 9.82. The number of hydrogen-bond donors (Lipinski definition) is 2. The molecule has 1 saturated heterocycles. The van der Waals surface area contributed by atoms with E-state index in [-0.39, 0.29) is 24.0 Å². The first-order valence-electron chi connectivity index (χ1n) is 10.2. The molecule has 0 bridgehead atoms. The van der Waals surface area contributed by atoms with Gasteiger partial charge in [-0.3, -0.25) is 4.99 Å². The zero-order valence-corrected chi connectivity index (χ0v) is 18.4. The van der Waals surface area contributed by atoms with Crippen LogP contribution in [0.15, 0.2) is 27.8 Å². The van der Waals surface area contributed by atoms with Gasteiger partial charge in [0.2, 0.25) is 0 Å². The summed E-state index contributed by atoms with van der Waals surface area (Å²) < 4.78 is 5.42. The molecule has 2 N–H and O–H groups in total. The van der Waals surface area contributed by atoms with Crippen LogP contribution in [0.3, 0.4) is 0 Å². The highest BCUT2D eigenvalue weighted by atomic mass is 127. The number of piperidine rings is 1. The van der Waals surface area contributed by atoms with E-state index in [1.54, 1.807) is 6.26 Å². The average Bonchev–Trinajstić information content (AvgIpc) is 3.31. The molecule has 0 atom stereocenters. The van der Waals surface area contributed by atoms with E-state index in [1.165, 1.54) is 64.6 Å². The lowest BCUT2D eigenvalue weighted by Gasteiger charge is -2.33. The SMILES string of the molecule is CCCN1CCC(NC(=NCCc2ccco2)NC2CCCC2)CC1.I. The zero-order valence-electron chi connectivity index (χ0n) is 16.1. The zero-order chi connectivity index (χ0) is 17.3. The summed E-state index contributed by atoms with van der Waals surface area (Å²) in [5.74, 6) is 2.02.